The molecule has 0 unspecified atom stereocenters. The molecule has 0 aliphatic heterocycles. The molecule has 0 spiro atoms. The average Bonchev–Trinajstić information content (AvgIpc) is 2.45. The van der Waals surface area contributed by atoms with E-state index in [9.17, 15) is 14.9 Å². The first kappa shape index (κ1) is 16.7. The van der Waals surface area contributed by atoms with Gasteiger partial charge in [0.15, 0.2) is 0 Å². The van der Waals surface area contributed by atoms with Crippen LogP contribution in [-0.4, -0.2) is 36.1 Å². The van der Waals surface area contributed by atoms with Crippen LogP contribution in [0.3, 0.4) is 0 Å². The summed E-state index contributed by atoms with van der Waals surface area (Å²) in [5.41, 5.74) is -0.279. The molecule has 0 radical (unpaired) electrons. The fraction of sp³-hybridized carbons (Fsp3) is 0.333. The van der Waals surface area contributed by atoms with Gasteiger partial charge in [0, 0.05) is 6.07 Å². The maximum Gasteiger partial charge on any atom is 0.311 e. The SMILES string of the molecule is C=C(OC)[C@@H](CC(=O)OC)Nc1nc(Cl)ccc1[N+](=O)[O-]. The van der Waals surface area contributed by atoms with Crippen LogP contribution in [0.1, 0.15) is 6.42 Å². The number of esters is 1. The van der Waals surface area contributed by atoms with Crippen LogP contribution in [0.15, 0.2) is 24.5 Å². The van der Waals surface area contributed by atoms with Gasteiger partial charge in [-0.1, -0.05) is 18.2 Å². The molecule has 0 aliphatic carbocycles. The van der Waals surface area contributed by atoms with Gasteiger partial charge in [-0.05, 0) is 6.07 Å². The van der Waals surface area contributed by atoms with Crippen LogP contribution in [0.25, 0.3) is 0 Å². The highest BCUT2D eigenvalue weighted by atomic mass is 35.5. The largest absolute Gasteiger partial charge is 0.500 e. The van der Waals surface area contributed by atoms with Crippen molar-refractivity contribution in [2.45, 2.75) is 12.5 Å². The first-order chi connectivity index (χ1) is 9.88. The van der Waals surface area contributed by atoms with Crippen molar-refractivity contribution in [2.75, 3.05) is 19.5 Å². The summed E-state index contributed by atoms with van der Waals surface area (Å²) in [6.45, 7) is 3.63. The minimum absolute atomic E-state index is 0.0722. The number of halogens is 1. The molecule has 21 heavy (non-hydrogen) atoms. The fourth-order valence-electron chi connectivity index (χ4n) is 1.48. The predicted octanol–water partition coefficient (Wildman–Crippen LogP) is 2.15. The van der Waals surface area contributed by atoms with E-state index < -0.39 is 16.9 Å². The Morgan fingerprint density at radius 2 is 2.19 bits per heavy atom. The second-order valence-electron chi connectivity index (χ2n) is 3.91. The molecule has 1 rings (SSSR count). The number of nitrogens with one attached hydrogen (secondary N) is 1. The number of pyridine rings is 1. The van der Waals surface area contributed by atoms with Gasteiger partial charge in [0.2, 0.25) is 5.82 Å². The van der Waals surface area contributed by atoms with Crippen molar-refractivity contribution in [3.8, 4) is 0 Å². The summed E-state index contributed by atoms with van der Waals surface area (Å²) >= 11 is 5.73. The maximum absolute atomic E-state index is 11.4. The zero-order valence-electron chi connectivity index (χ0n) is 11.5. The Morgan fingerprint density at radius 3 is 2.71 bits per heavy atom. The van der Waals surface area contributed by atoms with Crippen LogP contribution in [0.5, 0.6) is 0 Å². The minimum atomic E-state index is -0.743. The second-order valence-corrected chi connectivity index (χ2v) is 4.29. The highest BCUT2D eigenvalue weighted by molar-refractivity contribution is 6.29. The summed E-state index contributed by atoms with van der Waals surface area (Å²) in [5, 5.41) is 13.8. The van der Waals surface area contributed by atoms with Gasteiger partial charge >= 0.3 is 11.7 Å². The van der Waals surface area contributed by atoms with E-state index in [1.54, 1.807) is 0 Å². The molecule has 1 atom stereocenters. The minimum Gasteiger partial charge on any atom is -0.500 e. The van der Waals surface area contributed by atoms with Crippen molar-refractivity contribution >= 4 is 29.1 Å². The molecular formula is C12H14ClN3O5. The van der Waals surface area contributed by atoms with Gasteiger partial charge in [-0.25, -0.2) is 4.98 Å². The van der Waals surface area contributed by atoms with Crippen molar-refractivity contribution in [2.24, 2.45) is 0 Å². The fourth-order valence-corrected chi connectivity index (χ4v) is 1.63. The van der Waals surface area contributed by atoms with Crippen LogP contribution in [0.2, 0.25) is 5.15 Å². The summed E-state index contributed by atoms with van der Waals surface area (Å²) in [6.07, 6.45) is -0.130. The van der Waals surface area contributed by atoms with Crippen LogP contribution in [0, 0.1) is 10.1 Å². The van der Waals surface area contributed by atoms with Crippen LogP contribution < -0.4 is 5.32 Å². The monoisotopic (exact) mass is 315 g/mol. The molecule has 0 bridgehead atoms. The zero-order valence-corrected chi connectivity index (χ0v) is 12.2. The number of nitrogens with zero attached hydrogens (tertiary/aromatic N) is 2. The lowest BCUT2D eigenvalue weighted by atomic mass is 10.1. The third-order valence-corrected chi connectivity index (χ3v) is 2.81. The van der Waals surface area contributed by atoms with E-state index in [4.69, 9.17) is 16.3 Å². The van der Waals surface area contributed by atoms with Crippen LogP contribution in [-0.2, 0) is 14.3 Å². The van der Waals surface area contributed by atoms with Gasteiger partial charge in [-0.3, -0.25) is 14.9 Å². The number of methoxy groups -OCH3 is 2. The average molecular weight is 316 g/mol. The highest BCUT2D eigenvalue weighted by Gasteiger charge is 2.23. The Balaban J connectivity index is 3.07. The Hall–Kier alpha value is -2.35. The molecule has 9 heteroatoms. The smallest absolute Gasteiger partial charge is 0.311 e. The highest BCUT2D eigenvalue weighted by Crippen LogP contribution is 2.26. The summed E-state index contributed by atoms with van der Waals surface area (Å²) in [7, 11) is 2.60. The Labute approximate surface area is 125 Å². The van der Waals surface area contributed by atoms with Crippen LogP contribution in [0.4, 0.5) is 11.5 Å². The van der Waals surface area contributed by atoms with Crippen molar-refractivity contribution in [3.63, 3.8) is 0 Å². The number of hydrogen-bond donors (Lipinski definition) is 1. The van der Waals surface area contributed by atoms with Gasteiger partial charge in [0.25, 0.3) is 0 Å². The summed E-state index contributed by atoms with van der Waals surface area (Å²) < 4.78 is 9.52. The third-order valence-electron chi connectivity index (χ3n) is 2.60. The van der Waals surface area contributed by atoms with E-state index >= 15 is 0 Å². The van der Waals surface area contributed by atoms with Crippen molar-refractivity contribution in [1.29, 1.82) is 0 Å². The van der Waals surface area contributed by atoms with E-state index in [0.29, 0.717) is 0 Å². The van der Waals surface area contributed by atoms with E-state index in [-0.39, 0.29) is 28.8 Å². The maximum atomic E-state index is 11.4. The molecule has 1 aromatic heterocycles. The molecule has 0 saturated carbocycles. The van der Waals surface area contributed by atoms with Crippen molar-refractivity contribution < 1.29 is 19.2 Å². The first-order valence-electron chi connectivity index (χ1n) is 5.76. The Morgan fingerprint density at radius 1 is 1.52 bits per heavy atom. The number of hydrogen-bond acceptors (Lipinski definition) is 7. The molecule has 0 aromatic carbocycles. The quantitative estimate of drug-likeness (QED) is 0.270. The van der Waals surface area contributed by atoms with Crippen molar-refractivity contribution in [1.82, 2.24) is 4.98 Å². The van der Waals surface area contributed by atoms with Gasteiger partial charge in [-0.15, -0.1) is 0 Å². The Bertz CT molecular complexity index is 564. The van der Waals surface area contributed by atoms with E-state index in [1.807, 2.05) is 0 Å². The van der Waals surface area contributed by atoms with Gasteiger partial charge in [0.1, 0.15) is 10.9 Å². The molecule has 1 aromatic rings. The van der Waals surface area contributed by atoms with Gasteiger partial charge in [0.05, 0.1) is 31.6 Å². The van der Waals surface area contributed by atoms with Crippen LogP contribution >= 0.6 is 11.6 Å². The molecule has 0 saturated heterocycles. The second kappa shape index (κ2) is 7.44. The van der Waals surface area contributed by atoms with E-state index in [2.05, 4.69) is 21.6 Å². The molecule has 0 fully saturated rings. The number of nitro groups is 1. The summed E-state index contributed by atoms with van der Waals surface area (Å²) in [6, 6.07) is 1.76. The lowest BCUT2D eigenvalue weighted by molar-refractivity contribution is -0.384. The normalized spacial score (nSPS) is 11.4. The van der Waals surface area contributed by atoms with Gasteiger partial charge < -0.3 is 14.8 Å². The van der Waals surface area contributed by atoms with Gasteiger partial charge in [-0.2, -0.15) is 0 Å². The lowest BCUT2D eigenvalue weighted by Crippen LogP contribution is -2.27. The number of anilines is 1. The molecule has 1 N–H and O–H groups in total. The lowest BCUT2D eigenvalue weighted by Gasteiger charge is -2.19. The number of aromatic nitrogens is 1. The molecule has 114 valence electrons. The third kappa shape index (κ3) is 4.60. The summed E-state index contributed by atoms with van der Waals surface area (Å²) in [4.78, 5) is 25.6. The number of rotatable bonds is 7. The molecular weight excluding hydrogens is 302 g/mol. The zero-order chi connectivity index (χ0) is 16.0. The molecule has 0 aliphatic rings. The topological polar surface area (TPSA) is 104 Å². The summed E-state index contributed by atoms with van der Waals surface area (Å²) in [5.74, 6) is -0.411. The molecule has 8 nitrogen and oxygen atoms in total. The molecule has 1 heterocycles. The van der Waals surface area contributed by atoms with Crippen molar-refractivity contribution in [3.05, 3.63) is 39.7 Å². The van der Waals surface area contributed by atoms with E-state index in [0.717, 1.165) is 0 Å². The van der Waals surface area contributed by atoms with E-state index in [1.165, 1.54) is 26.4 Å². The Kier molecular flexibility index (Phi) is 5.92. The standard InChI is InChI=1S/C12H14ClN3O5/c1-7(20-2)8(6-11(17)21-3)14-12-9(16(18)19)4-5-10(13)15-12/h4-5,8H,1,6H2,2-3H3,(H,14,15)/t8-/m1/s1. The number of carbonyl (C=O) groups is 1. The molecule has 0 amide bonds. The predicted molar refractivity (Wildman–Crippen MR) is 76.1 cm³/mol. The number of ether oxygens (including phenoxy) is 2. The first-order valence-corrected chi connectivity index (χ1v) is 6.14. The number of carbonyl (C=O) groups excluding carboxylic acids is 1.